The standard InChI is InChI=1S/C19H39NO6S/c1-4-5-6-7-8-9-10-11-12-13-15-20(2,3)16-18-25-19(21)14-17-26-27(22,23)24/h4-18H2,1-3H3/p+1. The summed E-state index contributed by atoms with van der Waals surface area (Å²) >= 11 is 0. The van der Waals surface area contributed by atoms with E-state index in [0.717, 1.165) is 11.0 Å². The molecule has 0 saturated carbocycles. The van der Waals surface area contributed by atoms with Crippen molar-refractivity contribution in [3.8, 4) is 0 Å². The first kappa shape index (κ1) is 26.3. The molecular weight excluding hydrogens is 370 g/mol. The van der Waals surface area contributed by atoms with E-state index in [1.165, 1.54) is 64.2 Å². The molecule has 0 atom stereocenters. The molecule has 1 N–H and O–H groups in total. The monoisotopic (exact) mass is 410 g/mol. The zero-order valence-electron chi connectivity index (χ0n) is 17.5. The molecule has 0 radical (unpaired) electrons. The normalized spacial score (nSPS) is 12.3. The minimum absolute atomic E-state index is 0.203. The Morgan fingerprint density at radius 3 is 1.89 bits per heavy atom. The number of rotatable bonds is 18. The highest BCUT2D eigenvalue weighted by molar-refractivity contribution is 7.80. The molecule has 0 aliphatic carbocycles. The maximum absolute atomic E-state index is 11.5. The van der Waals surface area contributed by atoms with Crippen LogP contribution in [0.4, 0.5) is 0 Å². The van der Waals surface area contributed by atoms with Gasteiger partial charge >= 0.3 is 16.4 Å². The van der Waals surface area contributed by atoms with Crippen LogP contribution in [-0.2, 0) is 24.1 Å². The topological polar surface area (TPSA) is 89.9 Å². The van der Waals surface area contributed by atoms with Crippen LogP contribution < -0.4 is 0 Å². The van der Waals surface area contributed by atoms with Gasteiger partial charge < -0.3 is 9.22 Å². The molecule has 0 saturated heterocycles. The maximum Gasteiger partial charge on any atom is 0.397 e. The van der Waals surface area contributed by atoms with Crippen LogP contribution in [0.3, 0.4) is 0 Å². The van der Waals surface area contributed by atoms with Crippen LogP contribution in [0.5, 0.6) is 0 Å². The quantitative estimate of drug-likeness (QED) is 0.160. The molecule has 8 heteroatoms. The van der Waals surface area contributed by atoms with Crippen LogP contribution in [0.25, 0.3) is 0 Å². The lowest BCUT2D eigenvalue weighted by Crippen LogP contribution is -2.43. The highest BCUT2D eigenvalue weighted by Gasteiger charge is 2.16. The van der Waals surface area contributed by atoms with Gasteiger partial charge in [0.05, 0.1) is 33.7 Å². The first-order chi connectivity index (χ1) is 12.7. The van der Waals surface area contributed by atoms with E-state index in [-0.39, 0.29) is 13.0 Å². The molecular formula is C19H40NO6S+. The summed E-state index contributed by atoms with van der Waals surface area (Å²) in [5, 5.41) is 0. The molecule has 0 spiro atoms. The summed E-state index contributed by atoms with van der Waals surface area (Å²) in [6.07, 6.45) is 12.9. The molecule has 0 aliphatic rings. The fraction of sp³-hybridized carbons (Fsp3) is 0.947. The average molecular weight is 411 g/mol. The van der Waals surface area contributed by atoms with Crippen molar-refractivity contribution in [2.75, 3.05) is 40.4 Å². The highest BCUT2D eigenvalue weighted by atomic mass is 32.3. The largest absolute Gasteiger partial charge is 0.460 e. The second kappa shape index (κ2) is 15.2. The molecule has 0 aromatic carbocycles. The molecule has 0 heterocycles. The Balaban J connectivity index is 3.58. The Morgan fingerprint density at radius 1 is 0.852 bits per heavy atom. The number of esters is 1. The van der Waals surface area contributed by atoms with Crippen molar-refractivity contribution in [2.24, 2.45) is 0 Å². The number of hydrogen-bond donors (Lipinski definition) is 1. The molecule has 0 rings (SSSR count). The second-order valence-electron chi connectivity index (χ2n) is 7.79. The number of carbonyl (C=O) groups excluding carboxylic acids is 1. The van der Waals surface area contributed by atoms with E-state index in [9.17, 15) is 13.2 Å². The lowest BCUT2D eigenvalue weighted by Gasteiger charge is -2.29. The number of nitrogens with zero attached hydrogens (tertiary/aromatic N) is 1. The van der Waals surface area contributed by atoms with Gasteiger partial charge in [-0.2, -0.15) is 8.42 Å². The van der Waals surface area contributed by atoms with E-state index >= 15 is 0 Å². The Labute approximate surface area is 166 Å². The van der Waals surface area contributed by atoms with E-state index in [0.29, 0.717) is 6.54 Å². The Bertz CT molecular complexity index is 479. The number of carbonyl (C=O) groups is 1. The summed E-state index contributed by atoms with van der Waals surface area (Å²) < 4.78 is 39.1. The van der Waals surface area contributed by atoms with Crippen molar-refractivity contribution < 1.29 is 31.2 Å². The lowest BCUT2D eigenvalue weighted by molar-refractivity contribution is -0.890. The summed E-state index contributed by atoms with van der Waals surface area (Å²) in [7, 11) is -0.271. The molecule has 0 aromatic heterocycles. The Morgan fingerprint density at radius 2 is 1.37 bits per heavy atom. The van der Waals surface area contributed by atoms with E-state index < -0.39 is 23.0 Å². The zero-order chi connectivity index (χ0) is 20.6. The summed E-state index contributed by atoms with van der Waals surface area (Å²) in [5.41, 5.74) is 0. The van der Waals surface area contributed by atoms with Crippen LogP contribution in [0, 0.1) is 0 Å². The van der Waals surface area contributed by atoms with Crippen LogP contribution >= 0.6 is 0 Å². The zero-order valence-corrected chi connectivity index (χ0v) is 18.3. The predicted octanol–water partition coefficient (Wildman–Crippen LogP) is 3.74. The number of hydrogen-bond acceptors (Lipinski definition) is 5. The van der Waals surface area contributed by atoms with Gasteiger partial charge in [0, 0.05) is 0 Å². The van der Waals surface area contributed by atoms with E-state index in [2.05, 4.69) is 25.2 Å². The molecule has 0 amide bonds. The van der Waals surface area contributed by atoms with Gasteiger partial charge in [-0.3, -0.25) is 9.35 Å². The molecule has 162 valence electrons. The van der Waals surface area contributed by atoms with Gasteiger partial charge in [-0.15, -0.1) is 0 Å². The predicted molar refractivity (Wildman–Crippen MR) is 107 cm³/mol. The third-order valence-electron chi connectivity index (χ3n) is 4.62. The molecule has 0 fully saturated rings. The fourth-order valence-electron chi connectivity index (χ4n) is 2.85. The molecule has 0 aliphatic heterocycles. The van der Waals surface area contributed by atoms with Crippen molar-refractivity contribution >= 4 is 16.4 Å². The third-order valence-corrected chi connectivity index (χ3v) is 5.08. The van der Waals surface area contributed by atoms with Crippen LogP contribution in [0.1, 0.15) is 77.6 Å². The van der Waals surface area contributed by atoms with Crippen LogP contribution in [-0.4, -0.2) is 63.8 Å². The van der Waals surface area contributed by atoms with Crippen molar-refractivity contribution in [3.63, 3.8) is 0 Å². The SMILES string of the molecule is CCCCCCCCCCCC[N+](C)(C)CCOC(=O)CCOS(=O)(=O)O. The van der Waals surface area contributed by atoms with Gasteiger partial charge in [0.25, 0.3) is 0 Å². The molecule has 0 unspecified atom stereocenters. The second-order valence-corrected chi connectivity index (χ2v) is 8.88. The number of likely N-dealkylation sites (N-methyl/N-ethyl adjacent to an activating group) is 1. The molecule has 0 aromatic rings. The minimum Gasteiger partial charge on any atom is -0.460 e. The van der Waals surface area contributed by atoms with Crippen molar-refractivity contribution in [2.45, 2.75) is 77.6 Å². The average Bonchev–Trinajstić information content (AvgIpc) is 2.55. The summed E-state index contributed by atoms with van der Waals surface area (Å²) in [5.74, 6) is -0.530. The Kier molecular flexibility index (Phi) is 14.9. The summed E-state index contributed by atoms with van der Waals surface area (Å²) in [6, 6.07) is 0. The van der Waals surface area contributed by atoms with E-state index in [4.69, 9.17) is 9.29 Å². The molecule has 7 nitrogen and oxygen atoms in total. The van der Waals surface area contributed by atoms with Gasteiger partial charge in [-0.05, 0) is 12.8 Å². The fourth-order valence-corrected chi connectivity index (χ4v) is 3.14. The summed E-state index contributed by atoms with van der Waals surface area (Å²) in [4.78, 5) is 11.5. The molecule has 0 bridgehead atoms. The first-order valence-electron chi connectivity index (χ1n) is 10.3. The van der Waals surface area contributed by atoms with Gasteiger partial charge in [-0.1, -0.05) is 58.3 Å². The van der Waals surface area contributed by atoms with Gasteiger partial charge in [0.2, 0.25) is 0 Å². The highest BCUT2D eigenvalue weighted by Crippen LogP contribution is 2.11. The minimum atomic E-state index is -4.50. The summed E-state index contributed by atoms with van der Waals surface area (Å²) in [6.45, 7) is 3.87. The van der Waals surface area contributed by atoms with Gasteiger partial charge in [0.1, 0.15) is 13.2 Å². The van der Waals surface area contributed by atoms with Crippen molar-refractivity contribution in [1.29, 1.82) is 0 Å². The van der Waals surface area contributed by atoms with E-state index in [1.54, 1.807) is 0 Å². The van der Waals surface area contributed by atoms with Crippen molar-refractivity contribution in [1.82, 2.24) is 0 Å². The van der Waals surface area contributed by atoms with Crippen molar-refractivity contribution in [3.05, 3.63) is 0 Å². The number of quaternary nitrogens is 1. The third kappa shape index (κ3) is 19.9. The first-order valence-corrected chi connectivity index (χ1v) is 11.6. The lowest BCUT2D eigenvalue weighted by atomic mass is 10.1. The Hall–Kier alpha value is -0.700. The van der Waals surface area contributed by atoms with E-state index in [1.807, 2.05) is 0 Å². The maximum atomic E-state index is 11.5. The van der Waals surface area contributed by atoms with Gasteiger partial charge in [0.15, 0.2) is 0 Å². The van der Waals surface area contributed by atoms with Gasteiger partial charge in [-0.25, -0.2) is 4.18 Å². The number of ether oxygens (including phenoxy) is 1. The van der Waals surface area contributed by atoms with Crippen LogP contribution in [0.15, 0.2) is 0 Å². The van der Waals surface area contributed by atoms with Crippen LogP contribution in [0.2, 0.25) is 0 Å². The number of unbranched alkanes of at least 4 members (excludes halogenated alkanes) is 9. The smallest absolute Gasteiger partial charge is 0.397 e. The molecule has 27 heavy (non-hydrogen) atoms.